The van der Waals surface area contributed by atoms with Gasteiger partial charge in [0.1, 0.15) is 10.8 Å². The molecule has 2 rings (SSSR count). The highest BCUT2D eigenvalue weighted by Crippen LogP contribution is 2.29. The first kappa shape index (κ1) is 14.6. The van der Waals surface area contributed by atoms with Crippen LogP contribution in [0.15, 0.2) is 39.5 Å². The van der Waals surface area contributed by atoms with Crippen LogP contribution in [0.5, 0.6) is 0 Å². The Kier molecular flexibility index (Phi) is 5.47. The number of benzene rings is 1. The van der Waals surface area contributed by atoms with Gasteiger partial charge in [0.2, 0.25) is 5.16 Å². The minimum Gasteiger partial charge on any atom is -0.212 e. The van der Waals surface area contributed by atoms with Crippen LogP contribution in [0, 0.1) is 5.82 Å². The maximum atomic E-state index is 12.8. The predicted molar refractivity (Wildman–Crippen MR) is 79.4 cm³/mol. The molecule has 0 spiro atoms. The van der Waals surface area contributed by atoms with Crippen LogP contribution in [0.3, 0.4) is 0 Å². The largest absolute Gasteiger partial charge is 0.212 e. The van der Waals surface area contributed by atoms with Gasteiger partial charge >= 0.3 is 0 Å². The third kappa shape index (κ3) is 4.09. The van der Waals surface area contributed by atoms with Crippen molar-refractivity contribution in [2.75, 3.05) is 12.5 Å². The van der Waals surface area contributed by atoms with E-state index in [0.717, 1.165) is 21.4 Å². The second-order valence-corrected chi connectivity index (χ2v) is 6.06. The number of aromatic nitrogens is 3. The van der Waals surface area contributed by atoms with Crippen molar-refractivity contribution in [3.8, 4) is 0 Å². The third-order valence-corrected chi connectivity index (χ3v) is 4.64. The highest BCUT2D eigenvalue weighted by atomic mass is 32.2. The molecule has 0 aliphatic carbocycles. The second kappa shape index (κ2) is 7.12. The Bertz CT molecular complexity index is 548. The first-order valence-corrected chi connectivity index (χ1v) is 8.86. The van der Waals surface area contributed by atoms with Gasteiger partial charge in [-0.2, -0.15) is 0 Å². The van der Waals surface area contributed by atoms with Crippen LogP contribution in [0.4, 0.5) is 4.39 Å². The Hall–Kier alpha value is -0.790. The fraction of sp³-hybridized carbons (Fsp3) is 0.250. The molecule has 0 fully saturated rings. The summed E-state index contributed by atoms with van der Waals surface area (Å²) in [5.74, 6) is 0.507. The van der Waals surface area contributed by atoms with Crippen molar-refractivity contribution in [3.63, 3.8) is 0 Å². The van der Waals surface area contributed by atoms with Crippen molar-refractivity contribution >= 4 is 35.3 Å². The van der Waals surface area contributed by atoms with E-state index in [1.807, 2.05) is 12.5 Å². The van der Waals surface area contributed by atoms with Crippen molar-refractivity contribution < 1.29 is 4.39 Å². The number of hydrogen-bond acceptors (Lipinski definition) is 6. The minimum atomic E-state index is -0.218. The molecule has 0 aliphatic rings. The molecule has 1 heterocycles. The SMILES string of the molecule is CSc1nnc(SCc2ccc(F)cc2)c(SC)n1. The molecular formula is C12H12FN3S3. The molecule has 0 atom stereocenters. The van der Waals surface area contributed by atoms with Gasteiger partial charge in [0.25, 0.3) is 0 Å². The standard InChI is InChI=1S/C12H12FN3S3/c1-17-10-11(15-16-12(14-10)18-2)19-7-8-3-5-9(13)6-4-8/h3-6H,7H2,1-2H3. The number of halogens is 1. The van der Waals surface area contributed by atoms with E-state index in [1.165, 1.54) is 23.9 Å². The van der Waals surface area contributed by atoms with Crippen LogP contribution in [-0.4, -0.2) is 27.7 Å². The molecule has 0 bridgehead atoms. The summed E-state index contributed by atoms with van der Waals surface area (Å²) >= 11 is 4.59. The van der Waals surface area contributed by atoms with Crippen molar-refractivity contribution in [1.29, 1.82) is 0 Å². The lowest BCUT2D eigenvalue weighted by atomic mass is 10.2. The predicted octanol–water partition coefficient (Wildman–Crippen LogP) is 3.75. The molecule has 0 N–H and O–H groups in total. The van der Waals surface area contributed by atoms with Crippen LogP contribution in [0.1, 0.15) is 5.56 Å². The van der Waals surface area contributed by atoms with Crippen LogP contribution < -0.4 is 0 Å². The third-order valence-electron chi connectivity index (χ3n) is 2.27. The summed E-state index contributed by atoms with van der Waals surface area (Å²) in [5, 5.41) is 10.6. The normalized spacial score (nSPS) is 10.7. The first-order valence-electron chi connectivity index (χ1n) is 5.43. The van der Waals surface area contributed by atoms with E-state index in [1.54, 1.807) is 35.7 Å². The molecule has 3 nitrogen and oxygen atoms in total. The zero-order valence-electron chi connectivity index (χ0n) is 10.5. The Morgan fingerprint density at radius 3 is 2.37 bits per heavy atom. The molecule has 0 saturated carbocycles. The second-order valence-electron chi connectivity index (χ2n) is 3.53. The molecule has 1 aromatic carbocycles. The minimum absolute atomic E-state index is 0.218. The van der Waals surface area contributed by atoms with Crippen molar-refractivity contribution in [2.24, 2.45) is 0 Å². The Morgan fingerprint density at radius 1 is 1.00 bits per heavy atom. The van der Waals surface area contributed by atoms with E-state index in [4.69, 9.17) is 0 Å². The number of thioether (sulfide) groups is 3. The average molecular weight is 313 g/mol. The molecule has 19 heavy (non-hydrogen) atoms. The lowest BCUT2D eigenvalue weighted by Gasteiger charge is -2.05. The Balaban J connectivity index is 2.08. The smallest absolute Gasteiger partial charge is 0.209 e. The molecule has 0 radical (unpaired) electrons. The van der Waals surface area contributed by atoms with Crippen molar-refractivity contribution in [2.45, 2.75) is 21.0 Å². The first-order chi connectivity index (χ1) is 9.22. The number of rotatable bonds is 5. The summed E-state index contributed by atoms with van der Waals surface area (Å²) < 4.78 is 12.8. The van der Waals surface area contributed by atoms with Gasteiger partial charge in [-0.1, -0.05) is 35.7 Å². The van der Waals surface area contributed by atoms with Crippen LogP contribution >= 0.6 is 35.3 Å². The molecule has 2 aromatic rings. The summed E-state index contributed by atoms with van der Waals surface area (Å²) in [6.45, 7) is 0. The number of hydrogen-bond donors (Lipinski definition) is 0. The maximum Gasteiger partial charge on any atom is 0.209 e. The van der Waals surface area contributed by atoms with E-state index < -0.39 is 0 Å². The average Bonchev–Trinajstić information content (AvgIpc) is 2.46. The Morgan fingerprint density at radius 2 is 1.74 bits per heavy atom. The van der Waals surface area contributed by atoms with E-state index in [2.05, 4.69) is 15.2 Å². The van der Waals surface area contributed by atoms with E-state index in [0.29, 0.717) is 5.16 Å². The Labute approximate surface area is 124 Å². The zero-order valence-corrected chi connectivity index (χ0v) is 12.9. The molecule has 0 unspecified atom stereocenters. The summed E-state index contributed by atoms with van der Waals surface area (Å²) in [6, 6.07) is 6.48. The topological polar surface area (TPSA) is 38.7 Å². The van der Waals surface area contributed by atoms with Crippen molar-refractivity contribution in [3.05, 3.63) is 35.6 Å². The highest BCUT2D eigenvalue weighted by molar-refractivity contribution is 8.01. The lowest BCUT2D eigenvalue weighted by Crippen LogP contribution is -1.96. The van der Waals surface area contributed by atoms with Crippen molar-refractivity contribution in [1.82, 2.24) is 15.2 Å². The molecule has 100 valence electrons. The lowest BCUT2D eigenvalue weighted by molar-refractivity contribution is 0.627. The van der Waals surface area contributed by atoms with Gasteiger partial charge < -0.3 is 0 Å². The summed E-state index contributed by atoms with van der Waals surface area (Å²) in [4.78, 5) is 4.41. The molecule has 1 aromatic heterocycles. The van der Waals surface area contributed by atoms with Crippen LogP contribution in [0.2, 0.25) is 0 Å². The molecule has 0 aliphatic heterocycles. The van der Waals surface area contributed by atoms with E-state index in [-0.39, 0.29) is 5.82 Å². The molecular weight excluding hydrogens is 301 g/mol. The monoisotopic (exact) mass is 313 g/mol. The van der Waals surface area contributed by atoms with Gasteiger partial charge in [-0.15, -0.1) is 22.0 Å². The maximum absolute atomic E-state index is 12.8. The quantitative estimate of drug-likeness (QED) is 0.783. The van der Waals surface area contributed by atoms with Gasteiger partial charge in [-0.05, 0) is 30.2 Å². The van der Waals surface area contributed by atoms with Gasteiger partial charge in [0.15, 0.2) is 5.03 Å². The molecule has 7 heteroatoms. The molecule has 0 saturated heterocycles. The zero-order chi connectivity index (χ0) is 13.7. The van der Waals surface area contributed by atoms with Gasteiger partial charge in [0, 0.05) is 5.75 Å². The summed E-state index contributed by atoms with van der Waals surface area (Å²) in [6.07, 6.45) is 3.89. The summed E-state index contributed by atoms with van der Waals surface area (Å²) in [5.41, 5.74) is 1.05. The van der Waals surface area contributed by atoms with Crippen LogP contribution in [0.25, 0.3) is 0 Å². The van der Waals surface area contributed by atoms with Gasteiger partial charge in [-0.25, -0.2) is 9.37 Å². The fourth-order valence-corrected chi connectivity index (χ4v) is 3.28. The van der Waals surface area contributed by atoms with Crippen LogP contribution in [-0.2, 0) is 5.75 Å². The highest BCUT2D eigenvalue weighted by Gasteiger charge is 2.09. The fourth-order valence-electron chi connectivity index (χ4n) is 1.33. The van der Waals surface area contributed by atoms with Gasteiger partial charge in [-0.3, -0.25) is 0 Å². The van der Waals surface area contributed by atoms with E-state index >= 15 is 0 Å². The molecule has 0 amide bonds. The van der Waals surface area contributed by atoms with Gasteiger partial charge in [0.05, 0.1) is 0 Å². The van der Waals surface area contributed by atoms with E-state index in [9.17, 15) is 4.39 Å². The number of nitrogens with zero attached hydrogens (tertiary/aromatic N) is 3. The summed E-state index contributed by atoms with van der Waals surface area (Å²) in [7, 11) is 0.